The summed E-state index contributed by atoms with van der Waals surface area (Å²) < 4.78 is 1.63. The highest BCUT2D eigenvalue weighted by atomic mass is 16.3. The molecule has 1 amide bonds. The van der Waals surface area contributed by atoms with Crippen LogP contribution in [0.1, 0.15) is 41.6 Å². The van der Waals surface area contributed by atoms with Gasteiger partial charge in [0.25, 0.3) is 5.91 Å². The number of benzene rings is 1. The molecule has 5 nitrogen and oxygen atoms in total. The Morgan fingerprint density at radius 3 is 2.52 bits per heavy atom. The second-order valence-electron chi connectivity index (χ2n) is 5.18. The van der Waals surface area contributed by atoms with Crippen LogP contribution in [0.25, 0.3) is 0 Å². The SMILES string of the molecule is CCc1cc(C(=O)N(C)C(C)c2ccc(O)cc2)n(C)n1. The maximum Gasteiger partial charge on any atom is 0.272 e. The predicted octanol–water partition coefficient (Wildman–Crippen LogP) is 2.52. The molecule has 0 fully saturated rings. The Morgan fingerprint density at radius 2 is 2.00 bits per heavy atom. The zero-order chi connectivity index (χ0) is 15.6. The molecular weight excluding hydrogens is 266 g/mol. The number of rotatable bonds is 4. The highest BCUT2D eigenvalue weighted by Gasteiger charge is 2.22. The molecule has 1 atom stereocenters. The van der Waals surface area contributed by atoms with Crippen LogP contribution in [0.15, 0.2) is 30.3 Å². The molecule has 1 N–H and O–H groups in total. The third-order valence-electron chi connectivity index (χ3n) is 3.79. The minimum absolute atomic E-state index is 0.0646. The van der Waals surface area contributed by atoms with Gasteiger partial charge in [0.15, 0.2) is 0 Å². The van der Waals surface area contributed by atoms with E-state index in [1.165, 1.54) is 0 Å². The molecule has 1 heterocycles. The van der Waals surface area contributed by atoms with E-state index >= 15 is 0 Å². The van der Waals surface area contributed by atoms with Gasteiger partial charge in [0.05, 0.1) is 11.7 Å². The molecular formula is C16H21N3O2. The van der Waals surface area contributed by atoms with Crippen molar-refractivity contribution >= 4 is 5.91 Å². The summed E-state index contributed by atoms with van der Waals surface area (Å²) in [7, 11) is 3.56. The molecule has 5 heteroatoms. The van der Waals surface area contributed by atoms with Gasteiger partial charge >= 0.3 is 0 Å². The topological polar surface area (TPSA) is 58.4 Å². The van der Waals surface area contributed by atoms with Crippen molar-refractivity contribution in [2.45, 2.75) is 26.3 Å². The molecule has 0 saturated carbocycles. The first kappa shape index (κ1) is 15.1. The van der Waals surface area contributed by atoms with Crippen LogP contribution in [0.4, 0.5) is 0 Å². The highest BCUT2D eigenvalue weighted by Crippen LogP contribution is 2.22. The Balaban J connectivity index is 2.21. The summed E-state index contributed by atoms with van der Waals surface area (Å²) in [6.07, 6.45) is 0.804. The van der Waals surface area contributed by atoms with Crippen molar-refractivity contribution in [1.29, 1.82) is 0 Å². The normalized spacial score (nSPS) is 12.2. The van der Waals surface area contributed by atoms with Crippen molar-refractivity contribution in [3.63, 3.8) is 0 Å². The second kappa shape index (κ2) is 5.99. The van der Waals surface area contributed by atoms with Gasteiger partial charge in [-0.3, -0.25) is 9.48 Å². The molecule has 2 aromatic rings. The third-order valence-corrected chi connectivity index (χ3v) is 3.79. The van der Waals surface area contributed by atoms with Gasteiger partial charge in [-0.25, -0.2) is 0 Å². The van der Waals surface area contributed by atoms with E-state index in [0.29, 0.717) is 5.69 Å². The van der Waals surface area contributed by atoms with E-state index in [1.807, 2.05) is 32.0 Å². The molecule has 0 spiro atoms. The number of carbonyl (C=O) groups excluding carboxylic acids is 1. The first-order valence-corrected chi connectivity index (χ1v) is 7.03. The number of nitrogens with zero attached hydrogens (tertiary/aromatic N) is 3. The first-order chi connectivity index (χ1) is 9.93. The van der Waals surface area contributed by atoms with E-state index < -0.39 is 0 Å². The zero-order valence-corrected chi connectivity index (χ0v) is 12.9. The minimum Gasteiger partial charge on any atom is -0.508 e. The van der Waals surface area contributed by atoms with Crippen molar-refractivity contribution in [3.05, 3.63) is 47.3 Å². The first-order valence-electron chi connectivity index (χ1n) is 7.03. The molecule has 0 aliphatic rings. The average Bonchev–Trinajstić information content (AvgIpc) is 2.87. The molecule has 21 heavy (non-hydrogen) atoms. The Hall–Kier alpha value is -2.30. The molecule has 0 radical (unpaired) electrons. The summed E-state index contributed by atoms with van der Waals surface area (Å²) in [6.45, 7) is 3.97. The smallest absolute Gasteiger partial charge is 0.272 e. The van der Waals surface area contributed by atoms with Gasteiger partial charge in [0.2, 0.25) is 0 Å². The van der Waals surface area contributed by atoms with Crippen LogP contribution in [0.5, 0.6) is 5.75 Å². The maximum atomic E-state index is 12.6. The zero-order valence-electron chi connectivity index (χ0n) is 12.9. The van der Waals surface area contributed by atoms with Crippen LogP contribution in [-0.4, -0.2) is 32.7 Å². The number of hydrogen-bond acceptors (Lipinski definition) is 3. The summed E-state index contributed by atoms with van der Waals surface area (Å²) in [5.41, 5.74) is 2.47. The number of phenolic OH excluding ortho intramolecular Hbond substituents is 1. The van der Waals surface area contributed by atoms with Gasteiger partial charge < -0.3 is 10.0 Å². The molecule has 2 rings (SSSR count). The summed E-state index contributed by atoms with van der Waals surface area (Å²) in [5, 5.41) is 13.7. The van der Waals surface area contributed by atoms with Gasteiger partial charge in [-0.05, 0) is 37.1 Å². The van der Waals surface area contributed by atoms with Gasteiger partial charge in [-0.2, -0.15) is 5.10 Å². The molecule has 0 aliphatic heterocycles. The van der Waals surface area contributed by atoms with E-state index in [9.17, 15) is 9.90 Å². The second-order valence-corrected chi connectivity index (χ2v) is 5.18. The van der Waals surface area contributed by atoms with E-state index in [-0.39, 0.29) is 17.7 Å². The number of aryl methyl sites for hydroxylation is 2. The fraction of sp³-hybridized carbons (Fsp3) is 0.375. The number of amides is 1. The van der Waals surface area contributed by atoms with E-state index in [1.54, 1.807) is 35.8 Å². The van der Waals surface area contributed by atoms with Gasteiger partial charge in [0, 0.05) is 14.1 Å². The molecule has 0 aliphatic carbocycles. The van der Waals surface area contributed by atoms with Crippen molar-refractivity contribution in [3.8, 4) is 5.75 Å². The molecule has 1 aromatic heterocycles. The average molecular weight is 287 g/mol. The highest BCUT2D eigenvalue weighted by molar-refractivity contribution is 5.92. The van der Waals surface area contributed by atoms with E-state index in [4.69, 9.17) is 0 Å². The lowest BCUT2D eigenvalue weighted by atomic mass is 10.1. The van der Waals surface area contributed by atoms with E-state index in [0.717, 1.165) is 17.7 Å². The standard InChI is InChI=1S/C16H21N3O2/c1-5-13-10-15(19(4)17-13)16(21)18(3)11(2)12-6-8-14(20)9-7-12/h6-11,20H,5H2,1-4H3. The molecule has 112 valence electrons. The van der Waals surface area contributed by atoms with Crippen LogP contribution >= 0.6 is 0 Å². The van der Waals surface area contributed by atoms with Crippen molar-refractivity contribution < 1.29 is 9.90 Å². The monoisotopic (exact) mass is 287 g/mol. The summed E-state index contributed by atoms with van der Waals surface area (Å²) in [6, 6.07) is 8.66. The Labute approximate surface area is 124 Å². The summed E-state index contributed by atoms with van der Waals surface area (Å²) in [4.78, 5) is 14.3. The molecule has 0 bridgehead atoms. The number of hydrogen-bond donors (Lipinski definition) is 1. The Kier molecular flexibility index (Phi) is 4.31. The third kappa shape index (κ3) is 3.07. The lowest BCUT2D eigenvalue weighted by Crippen LogP contribution is -2.31. The minimum atomic E-state index is -0.0851. The lowest BCUT2D eigenvalue weighted by molar-refractivity contribution is 0.0731. The molecule has 1 aromatic carbocycles. The predicted molar refractivity (Wildman–Crippen MR) is 81.2 cm³/mol. The van der Waals surface area contributed by atoms with Gasteiger partial charge in [-0.15, -0.1) is 0 Å². The van der Waals surface area contributed by atoms with Crippen LogP contribution in [-0.2, 0) is 13.5 Å². The number of phenols is 1. The quantitative estimate of drug-likeness (QED) is 0.940. The summed E-state index contributed by atoms with van der Waals surface area (Å²) in [5.74, 6) is 0.157. The van der Waals surface area contributed by atoms with E-state index in [2.05, 4.69) is 5.10 Å². The number of aromatic hydroxyl groups is 1. The lowest BCUT2D eigenvalue weighted by Gasteiger charge is -2.25. The number of carbonyl (C=O) groups is 1. The summed E-state index contributed by atoms with van der Waals surface area (Å²) >= 11 is 0. The maximum absolute atomic E-state index is 12.6. The molecule has 0 saturated heterocycles. The Morgan fingerprint density at radius 1 is 1.38 bits per heavy atom. The van der Waals surface area contributed by atoms with Crippen molar-refractivity contribution in [2.24, 2.45) is 7.05 Å². The fourth-order valence-corrected chi connectivity index (χ4v) is 2.23. The van der Waals surface area contributed by atoms with Gasteiger partial charge in [-0.1, -0.05) is 19.1 Å². The van der Waals surface area contributed by atoms with Crippen LogP contribution in [0.2, 0.25) is 0 Å². The Bertz CT molecular complexity index is 631. The van der Waals surface area contributed by atoms with Crippen LogP contribution in [0, 0.1) is 0 Å². The van der Waals surface area contributed by atoms with Crippen LogP contribution in [0.3, 0.4) is 0 Å². The van der Waals surface area contributed by atoms with Crippen molar-refractivity contribution in [2.75, 3.05) is 7.05 Å². The molecule has 1 unspecified atom stereocenters. The van der Waals surface area contributed by atoms with Gasteiger partial charge in [0.1, 0.15) is 11.4 Å². The largest absolute Gasteiger partial charge is 0.508 e. The van der Waals surface area contributed by atoms with Crippen molar-refractivity contribution in [1.82, 2.24) is 14.7 Å². The van der Waals surface area contributed by atoms with Crippen LogP contribution < -0.4 is 0 Å². The number of aromatic nitrogens is 2. The fourth-order valence-electron chi connectivity index (χ4n) is 2.23.